The van der Waals surface area contributed by atoms with Crippen LogP contribution < -0.4 is 5.32 Å². The standard InChI is InChI=1S/C14H12F2N2O2/c1-9-3-2-4-10(5-9)8-17-13-7-11(15)6-12(16)14(13)18(19)20/h2-7,17H,8H2,1H3. The van der Waals surface area contributed by atoms with Gasteiger partial charge in [0, 0.05) is 18.7 Å². The van der Waals surface area contributed by atoms with Crippen molar-refractivity contribution < 1.29 is 13.7 Å². The van der Waals surface area contributed by atoms with Gasteiger partial charge in [0.05, 0.1) is 4.92 Å². The number of hydrogen-bond donors (Lipinski definition) is 1. The average Bonchev–Trinajstić information content (AvgIpc) is 2.35. The van der Waals surface area contributed by atoms with Crippen LogP contribution in [0.1, 0.15) is 11.1 Å². The van der Waals surface area contributed by atoms with E-state index in [4.69, 9.17) is 0 Å². The first kappa shape index (κ1) is 13.9. The monoisotopic (exact) mass is 278 g/mol. The lowest BCUT2D eigenvalue weighted by Crippen LogP contribution is -2.05. The second-order valence-corrected chi connectivity index (χ2v) is 4.38. The van der Waals surface area contributed by atoms with Crippen LogP contribution in [0, 0.1) is 28.7 Å². The van der Waals surface area contributed by atoms with Crippen LogP contribution in [0.15, 0.2) is 36.4 Å². The van der Waals surface area contributed by atoms with Crippen molar-refractivity contribution in [1.82, 2.24) is 0 Å². The molecular formula is C14H12F2N2O2. The third kappa shape index (κ3) is 3.09. The molecule has 0 aliphatic rings. The molecule has 0 bridgehead atoms. The number of nitro benzene ring substituents is 1. The minimum atomic E-state index is -1.19. The number of aryl methyl sites for hydroxylation is 1. The smallest absolute Gasteiger partial charge is 0.327 e. The number of nitro groups is 1. The summed E-state index contributed by atoms with van der Waals surface area (Å²) in [5.74, 6) is -2.05. The Kier molecular flexibility index (Phi) is 3.93. The van der Waals surface area contributed by atoms with E-state index < -0.39 is 22.2 Å². The third-order valence-corrected chi connectivity index (χ3v) is 2.78. The first-order chi connectivity index (χ1) is 9.47. The quantitative estimate of drug-likeness (QED) is 0.683. The molecule has 4 nitrogen and oxygen atoms in total. The van der Waals surface area contributed by atoms with E-state index in [1.54, 1.807) is 0 Å². The molecular weight excluding hydrogens is 266 g/mol. The molecule has 0 saturated heterocycles. The SMILES string of the molecule is Cc1cccc(CNc2cc(F)cc(F)c2[N+](=O)[O-])c1. The van der Waals surface area contributed by atoms with Crippen molar-refractivity contribution in [3.8, 4) is 0 Å². The van der Waals surface area contributed by atoms with E-state index >= 15 is 0 Å². The zero-order valence-corrected chi connectivity index (χ0v) is 10.7. The predicted octanol–water partition coefficient (Wildman–Crippen LogP) is 3.79. The van der Waals surface area contributed by atoms with E-state index in [0.717, 1.165) is 17.2 Å². The molecule has 6 heteroatoms. The molecule has 0 aliphatic carbocycles. The van der Waals surface area contributed by atoms with E-state index in [2.05, 4.69) is 5.32 Å². The van der Waals surface area contributed by atoms with Crippen molar-refractivity contribution in [2.45, 2.75) is 13.5 Å². The predicted molar refractivity (Wildman–Crippen MR) is 71.5 cm³/mol. The third-order valence-electron chi connectivity index (χ3n) is 2.78. The molecule has 0 heterocycles. The highest BCUT2D eigenvalue weighted by molar-refractivity contribution is 5.62. The Bertz CT molecular complexity index is 660. The molecule has 2 rings (SSSR count). The summed E-state index contributed by atoms with van der Waals surface area (Å²) in [6, 6.07) is 8.86. The lowest BCUT2D eigenvalue weighted by atomic mass is 10.1. The molecule has 2 aromatic carbocycles. The van der Waals surface area contributed by atoms with Crippen molar-refractivity contribution in [3.63, 3.8) is 0 Å². The Labute approximate surface area is 114 Å². The van der Waals surface area contributed by atoms with E-state index in [0.29, 0.717) is 6.07 Å². The normalized spacial score (nSPS) is 10.3. The van der Waals surface area contributed by atoms with Crippen LogP contribution in [0.2, 0.25) is 0 Å². The van der Waals surface area contributed by atoms with E-state index in [1.807, 2.05) is 31.2 Å². The van der Waals surface area contributed by atoms with Crippen molar-refractivity contribution in [2.24, 2.45) is 0 Å². The van der Waals surface area contributed by atoms with E-state index in [9.17, 15) is 18.9 Å². The van der Waals surface area contributed by atoms with Gasteiger partial charge >= 0.3 is 5.69 Å². The molecule has 0 radical (unpaired) electrons. The van der Waals surface area contributed by atoms with Gasteiger partial charge in [-0.3, -0.25) is 10.1 Å². The number of rotatable bonds is 4. The van der Waals surface area contributed by atoms with Crippen LogP contribution in [0.4, 0.5) is 20.2 Å². The van der Waals surface area contributed by atoms with E-state index in [1.165, 1.54) is 0 Å². The summed E-state index contributed by atoms with van der Waals surface area (Å²) in [6.07, 6.45) is 0. The number of anilines is 1. The summed E-state index contributed by atoms with van der Waals surface area (Å²) in [6.45, 7) is 2.15. The van der Waals surface area contributed by atoms with Gasteiger partial charge in [0.15, 0.2) is 0 Å². The summed E-state index contributed by atoms with van der Waals surface area (Å²) in [7, 11) is 0. The lowest BCUT2D eigenvalue weighted by molar-refractivity contribution is -0.386. The van der Waals surface area contributed by atoms with Crippen molar-refractivity contribution in [1.29, 1.82) is 0 Å². The zero-order valence-electron chi connectivity index (χ0n) is 10.7. The lowest BCUT2D eigenvalue weighted by Gasteiger charge is -2.08. The highest BCUT2D eigenvalue weighted by atomic mass is 19.1. The molecule has 0 spiro atoms. The topological polar surface area (TPSA) is 55.2 Å². The maximum Gasteiger partial charge on any atom is 0.327 e. The van der Waals surface area contributed by atoms with Gasteiger partial charge in [-0.2, -0.15) is 4.39 Å². The minimum Gasteiger partial charge on any atom is -0.375 e. The van der Waals surface area contributed by atoms with Gasteiger partial charge in [0.2, 0.25) is 5.82 Å². The number of benzene rings is 2. The molecule has 0 aliphatic heterocycles. The second-order valence-electron chi connectivity index (χ2n) is 4.38. The Hall–Kier alpha value is -2.50. The van der Waals surface area contributed by atoms with Crippen LogP contribution in [0.5, 0.6) is 0 Å². The molecule has 0 atom stereocenters. The summed E-state index contributed by atoms with van der Waals surface area (Å²) >= 11 is 0. The minimum absolute atomic E-state index is 0.172. The van der Waals surface area contributed by atoms with Gasteiger partial charge in [-0.1, -0.05) is 29.8 Å². The Morgan fingerprint density at radius 2 is 2.00 bits per heavy atom. The fourth-order valence-corrected chi connectivity index (χ4v) is 1.91. The maximum absolute atomic E-state index is 13.4. The van der Waals surface area contributed by atoms with Gasteiger partial charge in [-0.15, -0.1) is 0 Å². The van der Waals surface area contributed by atoms with Crippen molar-refractivity contribution in [2.75, 3.05) is 5.32 Å². The highest BCUT2D eigenvalue weighted by Crippen LogP contribution is 2.29. The summed E-state index contributed by atoms with van der Waals surface area (Å²) in [4.78, 5) is 9.95. The van der Waals surface area contributed by atoms with Crippen molar-refractivity contribution in [3.05, 3.63) is 69.3 Å². The van der Waals surface area contributed by atoms with Crippen LogP contribution in [-0.4, -0.2) is 4.92 Å². The van der Waals surface area contributed by atoms with Crippen LogP contribution in [0.25, 0.3) is 0 Å². The first-order valence-corrected chi connectivity index (χ1v) is 5.90. The fourth-order valence-electron chi connectivity index (χ4n) is 1.91. The summed E-state index contributed by atoms with van der Waals surface area (Å²) < 4.78 is 26.6. The Morgan fingerprint density at radius 1 is 1.25 bits per heavy atom. The van der Waals surface area contributed by atoms with Gasteiger partial charge < -0.3 is 5.32 Å². The molecule has 0 unspecified atom stereocenters. The van der Waals surface area contributed by atoms with Gasteiger partial charge in [0.1, 0.15) is 11.5 Å². The number of hydrogen-bond acceptors (Lipinski definition) is 3. The molecule has 2 aromatic rings. The summed E-state index contributed by atoms with van der Waals surface area (Å²) in [5, 5.41) is 13.5. The van der Waals surface area contributed by atoms with Gasteiger partial charge in [-0.05, 0) is 12.5 Å². The number of nitrogens with one attached hydrogen (secondary N) is 1. The average molecular weight is 278 g/mol. The Morgan fingerprint density at radius 3 is 2.65 bits per heavy atom. The van der Waals surface area contributed by atoms with Crippen molar-refractivity contribution >= 4 is 11.4 Å². The van der Waals surface area contributed by atoms with E-state index in [-0.39, 0.29) is 12.2 Å². The largest absolute Gasteiger partial charge is 0.375 e. The first-order valence-electron chi connectivity index (χ1n) is 5.90. The molecule has 0 saturated carbocycles. The number of nitrogens with zero attached hydrogens (tertiary/aromatic N) is 1. The molecule has 0 aromatic heterocycles. The van der Waals surface area contributed by atoms with Crippen LogP contribution >= 0.6 is 0 Å². The van der Waals surface area contributed by atoms with Gasteiger partial charge in [0.25, 0.3) is 0 Å². The maximum atomic E-state index is 13.4. The fraction of sp³-hybridized carbons (Fsp3) is 0.143. The summed E-state index contributed by atoms with van der Waals surface area (Å²) in [5.41, 5.74) is 0.973. The second kappa shape index (κ2) is 5.64. The number of halogens is 2. The Balaban J connectivity index is 2.27. The molecule has 0 amide bonds. The molecule has 104 valence electrons. The molecule has 0 fully saturated rings. The zero-order chi connectivity index (χ0) is 14.7. The molecule has 1 N–H and O–H groups in total. The van der Waals surface area contributed by atoms with Crippen LogP contribution in [-0.2, 0) is 6.54 Å². The molecule has 20 heavy (non-hydrogen) atoms. The highest BCUT2D eigenvalue weighted by Gasteiger charge is 2.21. The van der Waals surface area contributed by atoms with Gasteiger partial charge in [-0.25, -0.2) is 4.39 Å². The van der Waals surface area contributed by atoms with Crippen LogP contribution in [0.3, 0.4) is 0 Å².